The van der Waals surface area contributed by atoms with Crippen molar-refractivity contribution in [2.24, 2.45) is 0 Å². The van der Waals surface area contributed by atoms with E-state index < -0.39 is 0 Å². The van der Waals surface area contributed by atoms with Gasteiger partial charge in [0.2, 0.25) is 0 Å². The van der Waals surface area contributed by atoms with Gasteiger partial charge in [-0.15, -0.1) is 0 Å². The van der Waals surface area contributed by atoms with Crippen molar-refractivity contribution in [2.45, 2.75) is 19.0 Å². The highest BCUT2D eigenvalue weighted by Gasteiger charge is 2.30. The molecule has 1 aliphatic rings. The van der Waals surface area contributed by atoms with E-state index in [4.69, 9.17) is 21.7 Å². The van der Waals surface area contributed by atoms with Crippen LogP contribution >= 0.6 is 24.0 Å². The quantitative estimate of drug-likeness (QED) is 0.614. The molecule has 1 saturated heterocycles. The number of nitrogens with zero attached hydrogens (tertiary/aromatic N) is 1. The fourth-order valence-electron chi connectivity index (χ4n) is 2.10. The van der Waals surface area contributed by atoms with Gasteiger partial charge in [-0.25, -0.2) is 0 Å². The van der Waals surface area contributed by atoms with Gasteiger partial charge in [0.25, 0.3) is 0 Å². The number of esters is 1. The zero-order chi connectivity index (χ0) is 14.5. The zero-order valence-electron chi connectivity index (χ0n) is 11.5. The molecule has 0 spiro atoms. The van der Waals surface area contributed by atoms with E-state index in [0.717, 1.165) is 21.4 Å². The smallest absolute Gasteiger partial charge is 0.307 e. The van der Waals surface area contributed by atoms with Crippen molar-refractivity contribution < 1.29 is 14.3 Å². The lowest BCUT2D eigenvalue weighted by Gasteiger charge is -2.25. The number of thiocarbonyl (C=S) groups is 1. The predicted molar refractivity (Wildman–Crippen MR) is 84.0 cm³/mol. The van der Waals surface area contributed by atoms with Crippen LogP contribution in [0.3, 0.4) is 0 Å². The summed E-state index contributed by atoms with van der Waals surface area (Å²) in [6.07, 6.45) is 0.369. The molecule has 1 heterocycles. The number of hydrogen-bond donors (Lipinski definition) is 0. The van der Waals surface area contributed by atoms with Crippen molar-refractivity contribution in [3.05, 3.63) is 29.8 Å². The van der Waals surface area contributed by atoms with Gasteiger partial charge < -0.3 is 14.4 Å². The molecule has 1 aliphatic heterocycles. The molecule has 0 N–H and O–H groups in total. The maximum Gasteiger partial charge on any atom is 0.307 e. The molecule has 4 nitrogen and oxygen atoms in total. The number of carbonyl (C=O) groups is 1. The Labute approximate surface area is 128 Å². The van der Waals surface area contributed by atoms with E-state index in [-0.39, 0.29) is 12.0 Å². The van der Waals surface area contributed by atoms with Crippen molar-refractivity contribution in [3.8, 4) is 5.75 Å². The standard InChI is InChI=1S/C14H17NO3S2/c1-17-12-5-3-4-10(6-12)8-15-11(7-13(16)18-2)9-20-14(15)19/h3-6,11H,7-9H2,1-2H3. The molecule has 1 unspecified atom stereocenters. The molecule has 1 atom stereocenters. The van der Waals surface area contributed by atoms with E-state index in [1.165, 1.54) is 7.11 Å². The van der Waals surface area contributed by atoms with Gasteiger partial charge in [0.15, 0.2) is 0 Å². The predicted octanol–water partition coefficient (Wildman–Crippen LogP) is 2.46. The van der Waals surface area contributed by atoms with Gasteiger partial charge in [-0.05, 0) is 17.7 Å². The number of hydrogen-bond acceptors (Lipinski definition) is 5. The van der Waals surface area contributed by atoms with Gasteiger partial charge in [-0.2, -0.15) is 0 Å². The SMILES string of the molecule is COC(=O)CC1CSC(=S)N1Cc1cccc(OC)c1. The number of rotatable bonds is 5. The summed E-state index contributed by atoms with van der Waals surface area (Å²) in [5, 5.41) is 0. The molecule has 1 aromatic carbocycles. The first kappa shape index (κ1) is 15.1. The maximum atomic E-state index is 11.5. The Hall–Kier alpha value is -1.27. The number of thioether (sulfide) groups is 1. The summed E-state index contributed by atoms with van der Waals surface area (Å²) in [4.78, 5) is 13.5. The lowest BCUT2D eigenvalue weighted by atomic mass is 10.1. The Morgan fingerprint density at radius 2 is 2.30 bits per heavy atom. The van der Waals surface area contributed by atoms with Gasteiger partial charge >= 0.3 is 5.97 Å². The molecule has 1 aromatic rings. The Balaban J connectivity index is 2.08. The molecule has 108 valence electrons. The van der Waals surface area contributed by atoms with Crippen LogP contribution in [0, 0.1) is 0 Å². The topological polar surface area (TPSA) is 38.8 Å². The normalized spacial score (nSPS) is 18.2. The molecule has 1 fully saturated rings. The van der Waals surface area contributed by atoms with E-state index in [9.17, 15) is 4.79 Å². The summed E-state index contributed by atoms with van der Waals surface area (Å²) >= 11 is 6.99. The second kappa shape index (κ2) is 6.95. The highest BCUT2D eigenvalue weighted by molar-refractivity contribution is 8.23. The molecule has 0 saturated carbocycles. The Morgan fingerprint density at radius 3 is 3.00 bits per heavy atom. The van der Waals surface area contributed by atoms with Gasteiger partial charge in [0.1, 0.15) is 10.1 Å². The third-order valence-corrected chi connectivity index (χ3v) is 4.81. The average molecular weight is 311 g/mol. The molecule has 0 bridgehead atoms. The molecule has 0 radical (unpaired) electrons. The van der Waals surface area contributed by atoms with Crippen molar-refractivity contribution in [1.82, 2.24) is 4.90 Å². The number of carbonyl (C=O) groups excluding carboxylic acids is 1. The van der Waals surface area contributed by atoms with Crippen LogP contribution in [-0.2, 0) is 16.1 Å². The minimum absolute atomic E-state index is 0.103. The number of benzene rings is 1. The van der Waals surface area contributed by atoms with Crippen LogP contribution in [0.2, 0.25) is 0 Å². The first-order valence-corrected chi connectivity index (χ1v) is 7.66. The van der Waals surface area contributed by atoms with Crippen LogP contribution in [0.1, 0.15) is 12.0 Å². The maximum absolute atomic E-state index is 11.5. The fourth-order valence-corrected chi connectivity index (χ4v) is 3.53. The van der Waals surface area contributed by atoms with Gasteiger partial charge in [0, 0.05) is 12.3 Å². The lowest BCUT2D eigenvalue weighted by Crippen LogP contribution is -2.34. The zero-order valence-corrected chi connectivity index (χ0v) is 13.1. The van der Waals surface area contributed by atoms with Gasteiger partial charge in [-0.1, -0.05) is 36.1 Å². The van der Waals surface area contributed by atoms with Crippen molar-refractivity contribution >= 4 is 34.3 Å². The van der Waals surface area contributed by atoms with Crippen LogP contribution in [0.4, 0.5) is 0 Å². The summed E-state index contributed by atoms with van der Waals surface area (Å²) in [5.74, 6) is 1.46. The van der Waals surface area contributed by atoms with Gasteiger partial charge in [-0.3, -0.25) is 4.79 Å². The third kappa shape index (κ3) is 3.64. The second-order valence-electron chi connectivity index (χ2n) is 4.49. The summed E-state index contributed by atoms with van der Waals surface area (Å²) < 4.78 is 10.8. The van der Waals surface area contributed by atoms with Crippen LogP contribution in [0.5, 0.6) is 5.75 Å². The second-order valence-corrected chi connectivity index (χ2v) is 6.14. The highest BCUT2D eigenvalue weighted by atomic mass is 32.2. The van der Waals surface area contributed by atoms with Crippen LogP contribution in [-0.4, -0.2) is 41.2 Å². The van der Waals surface area contributed by atoms with Gasteiger partial charge in [0.05, 0.1) is 26.7 Å². The lowest BCUT2D eigenvalue weighted by molar-refractivity contribution is -0.141. The molecular weight excluding hydrogens is 294 g/mol. The Kier molecular flexibility index (Phi) is 5.25. The van der Waals surface area contributed by atoms with E-state index in [1.807, 2.05) is 24.3 Å². The minimum atomic E-state index is -0.198. The Morgan fingerprint density at radius 1 is 1.50 bits per heavy atom. The first-order valence-electron chi connectivity index (χ1n) is 6.27. The Bertz CT molecular complexity index is 507. The minimum Gasteiger partial charge on any atom is -0.497 e. The van der Waals surface area contributed by atoms with Crippen molar-refractivity contribution in [3.63, 3.8) is 0 Å². The molecule has 20 heavy (non-hydrogen) atoms. The first-order chi connectivity index (χ1) is 9.63. The van der Waals surface area contributed by atoms with E-state index in [2.05, 4.69) is 4.90 Å². The summed E-state index contributed by atoms with van der Waals surface area (Å²) in [6.45, 7) is 0.685. The van der Waals surface area contributed by atoms with E-state index >= 15 is 0 Å². The number of ether oxygens (including phenoxy) is 2. The molecule has 0 aromatic heterocycles. The molecule has 2 rings (SSSR count). The monoisotopic (exact) mass is 311 g/mol. The highest BCUT2D eigenvalue weighted by Crippen LogP contribution is 2.29. The average Bonchev–Trinajstić information content (AvgIpc) is 2.80. The third-order valence-electron chi connectivity index (χ3n) is 3.19. The molecular formula is C14H17NO3S2. The van der Waals surface area contributed by atoms with E-state index in [0.29, 0.717) is 13.0 Å². The summed E-state index contributed by atoms with van der Waals surface area (Å²) in [6, 6.07) is 7.98. The van der Waals surface area contributed by atoms with Crippen LogP contribution in [0.25, 0.3) is 0 Å². The van der Waals surface area contributed by atoms with E-state index in [1.54, 1.807) is 18.9 Å². The van der Waals surface area contributed by atoms with Crippen molar-refractivity contribution in [1.29, 1.82) is 0 Å². The molecule has 0 amide bonds. The van der Waals surface area contributed by atoms with Crippen LogP contribution in [0.15, 0.2) is 24.3 Å². The number of methoxy groups -OCH3 is 2. The largest absolute Gasteiger partial charge is 0.497 e. The van der Waals surface area contributed by atoms with Crippen LogP contribution < -0.4 is 4.74 Å². The van der Waals surface area contributed by atoms with Crippen molar-refractivity contribution in [2.75, 3.05) is 20.0 Å². The molecule has 6 heteroatoms. The summed E-state index contributed by atoms with van der Waals surface area (Å²) in [5.41, 5.74) is 1.11. The summed E-state index contributed by atoms with van der Waals surface area (Å²) in [7, 11) is 3.06. The molecule has 0 aliphatic carbocycles. The fraction of sp³-hybridized carbons (Fsp3) is 0.429.